The van der Waals surface area contributed by atoms with Crippen molar-refractivity contribution in [2.24, 2.45) is 0 Å². The zero-order chi connectivity index (χ0) is 12.1. The van der Waals surface area contributed by atoms with Crippen LogP contribution >= 0.6 is 0 Å². The standard InChI is InChI=1S/C9H12O6/c1-6(10)9(15,4-2-7(11)12)5-3-8(13)14/h2-6,10,15H,1H3,(H,11,12)(H,13,14). The molecule has 0 heterocycles. The van der Waals surface area contributed by atoms with Crippen LogP contribution in [0.15, 0.2) is 24.3 Å². The van der Waals surface area contributed by atoms with Crippen molar-refractivity contribution in [1.29, 1.82) is 0 Å². The van der Waals surface area contributed by atoms with E-state index in [1.807, 2.05) is 0 Å². The Bertz CT molecular complexity index is 278. The van der Waals surface area contributed by atoms with Gasteiger partial charge in [0.2, 0.25) is 0 Å². The number of rotatable bonds is 5. The van der Waals surface area contributed by atoms with E-state index in [0.29, 0.717) is 12.2 Å². The van der Waals surface area contributed by atoms with Crippen LogP contribution < -0.4 is 0 Å². The minimum atomic E-state index is -2.00. The van der Waals surface area contributed by atoms with Crippen molar-refractivity contribution in [1.82, 2.24) is 0 Å². The van der Waals surface area contributed by atoms with Gasteiger partial charge in [-0.2, -0.15) is 0 Å². The SMILES string of the molecule is CC(O)C(O)(C=CC(=O)O)C=CC(=O)O. The maximum absolute atomic E-state index is 10.2. The quantitative estimate of drug-likeness (QED) is 0.455. The molecular formula is C9H12O6. The summed E-state index contributed by atoms with van der Waals surface area (Å²) in [5.41, 5.74) is -2.00. The molecule has 0 aliphatic carbocycles. The second kappa shape index (κ2) is 5.28. The third kappa shape index (κ3) is 4.94. The van der Waals surface area contributed by atoms with Gasteiger partial charge in [-0.05, 0) is 19.1 Å². The van der Waals surface area contributed by atoms with Crippen LogP contribution in [-0.4, -0.2) is 44.1 Å². The number of aliphatic hydroxyl groups excluding tert-OH is 1. The molecule has 0 bridgehead atoms. The zero-order valence-electron chi connectivity index (χ0n) is 7.99. The van der Waals surface area contributed by atoms with Gasteiger partial charge >= 0.3 is 11.9 Å². The molecule has 0 fully saturated rings. The molecule has 4 N–H and O–H groups in total. The molecule has 15 heavy (non-hydrogen) atoms. The van der Waals surface area contributed by atoms with Crippen molar-refractivity contribution in [2.75, 3.05) is 0 Å². The van der Waals surface area contributed by atoms with Gasteiger partial charge in [0.25, 0.3) is 0 Å². The van der Waals surface area contributed by atoms with E-state index in [-0.39, 0.29) is 0 Å². The molecule has 0 aromatic rings. The predicted octanol–water partition coefficient (Wildman–Crippen LogP) is -0.620. The van der Waals surface area contributed by atoms with Crippen molar-refractivity contribution in [3.8, 4) is 0 Å². The van der Waals surface area contributed by atoms with Crippen LogP contribution in [0.2, 0.25) is 0 Å². The molecule has 0 aromatic carbocycles. The van der Waals surface area contributed by atoms with E-state index in [9.17, 15) is 14.7 Å². The van der Waals surface area contributed by atoms with Gasteiger partial charge in [-0.3, -0.25) is 0 Å². The Labute approximate surface area is 85.8 Å². The van der Waals surface area contributed by atoms with Crippen LogP contribution in [-0.2, 0) is 9.59 Å². The van der Waals surface area contributed by atoms with Crippen molar-refractivity contribution in [3.05, 3.63) is 24.3 Å². The van der Waals surface area contributed by atoms with E-state index in [2.05, 4.69) is 0 Å². The predicted molar refractivity (Wildman–Crippen MR) is 50.2 cm³/mol. The van der Waals surface area contributed by atoms with E-state index in [1.165, 1.54) is 6.92 Å². The average Bonchev–Trinajstić information content (AvgIpc) is 2.11. The van der Waals surface area contributed by atoms with Crippen molar-refractivity contribution < 1.29 is 30.0 Å². The minimum Gasteiger partial charge on any atom is -0.478 e. The largest absolute Gasteiger partial charge is 0.478 e. The fraction of sp³-hybridized carbons (Fsp3) is 0.333. The van der Waals surface area contributed by atoms with E-state index in [1.54, 1.807) is 0 Å². The zero-order valence-corrected chi connectivity index (χ0v) is 7.99. The molecule has 0 aliphatic heterocycles. The summed E-state index contributed by atoms with van der Waals surface area (Å²) in [4.78, 5) is 20.4. The highest BCUT2D eigenvalue weighted by atomic mass is 16.4. The van der Waals surface area contributed by atoms with Crippen molar-refractivity contribution in [3.63, 3.8) is 0 Å². The van der Waals surface area contributed by atoms with Crippen LogP contribution in [0.5, 0.6) is 0 Å². The van der Waals surface area contributed by atoms with E-state index in [0.717, 1.165) is 12.2 Å². The molecule has 1 unspecified atom stereocenters. The molecule has 0 rings (SSSR count). The molecule has 0 aliphatic rings. The third-order valence-electron chi connectivity index (χ3n) is 1.66. The monoisotopic (exact) mass is 216 g/mol. The first-order chi connectivity index (χ1) is 6.78. The first kappa shape index (κ1) is 13.3. The molecule has 0 amide bonds. The first-order valence-corrected chi connectivity index (χ1v) is 4.02. The van der Waals surface area contributed by atoms with Gasteiger partial charge in [0.15, 0.2) is 0 Å². The highest BCUT2D eigenvalue weighted by molar-refractivity contribution is 5.81. The summed E-state index contributed by atoms with van der Waals surface area (Å²) >= 11 is 0. The molecule has 6 heteroatoms. The van der Waals surface area contributed by atoms with Gasteiger partial charge in [-0.1, -0.05) is 0 Å². The van der Waals surface area contributed by atoms with Gasteiger partial charge in [0.05, 0.1) is 6.10 Å². The molecule has 84 valence electrons. The van der Waals surface area contributed by atoms with Crippen LogP contribution in [0.4, 0.5) is 0 Å². The number of aliphatic hydroxyl groups is 2. The Morgan fingerprint density at radius 1 is 1.13 bits per heavy atom. The second-order valence-electron chi connectivity index (χ2n) is 2.91. The first-order valence-electron chi connectivity index (χ1n) is 4.02. The number of hydrogen-bond acceptors (Lipinski definition) is 4. The number of hydrogen-bond donors (Lipinski definition) is 4. The Morgan fingerprint density at radius 2 is 1.47 bits per heavy atom. The Morgan fingerprint density at radius 3 is 1.67 bits per heavy atom. The molecule has 0 saturated carbocycles. The third-order valence-corrected chi connectivity index (χ3v) is 1.66. The van der Waals surface area contributed by atoms with Crippen LogP contribution in [0.1, 0.15) is 6.92 Å². The second-order valence-corrected chi connectivity index (χ2v) is 2.91. The van der Waals surface area contributed by atoms with Gasteiger partial charge in [-0.15, -0.1) is 0 Å². The summed E-state index contributed by atoms with van der Waals surface area (Å²) in [6, 6.07) is 0. The highest BCUT2D eigenvalue weighted by Crippen LogP contribution is 2.14. The highest BCUT2D eigenvalue weighted by Gasteiger charge is 2.27. The Kier molecular flexibility index (Phi) is 4.69. The van der Waals surface area contributed by atoms with Crippen LogP contribution in [0, 0.1) is 0 Å². The lowest BCUT2D eigenvalue weighted by atomic mass is 9.96. The smallest absolute Gasteiger partial charge is 0.328 e. The summed E-state index contributed by atoms with van der Waals surface area (Å²) in [5.74, 6) is -2.62. The molecule has 0 radical (unpaired) electrons. The molecule has 0 aromatic heterocycles. The summed E-state index contributed by atoms with van der Waals surface area (Å²) in [7, 11) is 0. The van der Waals surface area contributed by atoms with Crippen molar-refractivity contribution in [2.45, 2.75) is 18.6 Å². The van der Waals surface area contributed by atoms with Gasteiger partial charge < -0.3 is 20.4 Å². The number of aliphatic carboxylic acids is 2. The molecule has 0 spiro atoms. The average molecular weight is 216 g/mol. The summed E-state index contributed by atoms with van der Waals surface area (Å²) < 4.78 is 0. The van der Waals surface area contributed by atoms with E-state index >= 15 is 0 Å². The minimum absolute atomic E-state index is 0.624. The summed E-state index contributed by atoms with van der Waals surface area (Å²) in [6.07, 6.45) is 1.53. The lowest BCUT2D eigenvalue weighted by Crippen LogP contribution is -2.36. The lowest BCUT2D eigenvalue weighted by Gasteiger charge is -2.23. The normalized spacial score (nSPS) is 17.8. The maximum atomic E-state index is 10.2. The van der Waals surface area contributed by atoms with Gasteiger partial charge in [-0.25, -0.2) is 9.59 Å². The lowest BCUT2D eigenvalue weighted by molar-refractivity contribution is -0.132. The molecule has 0 saturated heterocycles. The van der Waals surface area contributed by atoms with Gasteiger partial charge in [0.1, 0.15) is 5.60 Å². The number of carboxylic acids is 2. The van der Waals surface area contributed by atoms with Crippen LogP contribution in [0.25, 0.3) is 0 Å². The number of carboxylic acid groups (broad SMARTS) is 2. The molecule has 1 atom stereocenters. The van der Waals surface area contributed by atoms with Gasteiger partial charge in [0, 0.05) is 12.2 Å². The Hall–Kier alpha value is -1.66. The maximum Gasteiger partial charge on any atom is 0.328 e. The number of carbonyl (C=O) groups is 2. The fourth-order valence-corrected chi connectivity index (χ4v) is 0.744. The topological polar surface area (TPSA) is 115 Å². The summed E-state index contributed by atoms with van der Waals surface area (Å²) in [5, 5.41) is 35.4. The molecular weight excluding hydrogens is 204 g/mol. The van der Waals surface area contributed by atoms with Crippen LogP contribution in [0.3, 0.4) is 0 Å². The summed E-state index contributed by atoms with van der Waals surface area (Å²) in [6.45, 7) is 1.21. The fourth-order valence-electron chi connectivity index (χ4n) is 0.744. The Balaban J connectivity index is 4.90. The van der Waals surface area contributed by atoms with E-state index < -0.39 is 23.6 Å². The van der Waals surface area contributed by atoms with E-state index in [4.69, 9.17) is 15.3 Å². The van der Waals surface area contributed by atoms with Crippen molar-refractivity contribution >= 4 is 11.9 Å². The molecule has 6 nitrogen and oxygen atoms in total.